The van der Waals surface area contributed by atoms with Gasteiger partial charge in [-0.05, 0) is 6.07 Å². The molecular formula is C10H16N4O2. The van der Waals surface area contributed by atoms with Crippen molar-refractivity contribution in [2.24, 2.45) is 0 Å². The van der Waals surface area contributed by atoms with Crippen LogP contribution in [0.3, 0.4) is 0 Å². The fourth-order valence-electron chi connectivity index (χ4n) is 1.08. The van der Waals surface area contributed by atoms with Gasteiger partial charge in [0.05, 0.1) is 6.54 Å². The van der Waals surface area contributed by atoms with Gasteiger partial charge >= 0.3 is 0 Å². The fourth-order valence-corrected chi connectivity index (χ4v) is 1.08. The van der Waals surface area contributed by atoms with Gasteiger partial charge in [0.25, 0.3) is 0 Å². The summed E-state index contributed by atoms with van der Waals surface area (Å²) in [5, 5.41) is 2.66. The number of amides is 1. The molecule has 0 aromatic carbocycles. The molecule has 0 aliphatic carbocycles. The van der Waals surface area contributed by atoms with Gasteiger partial charge in [0.2, 0.25) is 5.91 Å². The molecule has 1 aromatic heterocycles. The van der Waals surface area contributed by atoms with Gasteiger partial charge in [-0.15, -0.1) is 0 Å². The highest BCUT2D eigenvalue weighted by atomic mass is 16.5. The van der Waals surface area contributed by atoms with Crippen molar-refractivity contribution in [1.82, 2.24) is 15.3 Å². The highest BCUT2D eigenvalue weighted by molar-refractivity contribution is 5.77. The molecule has 0 fully saturated rings. The largest absolute Gasteiger partial charge is 0.375 e. The minimum Gasteiger partial charge on any atom is -0.375 e. The Morgan fingerprint density at radius 2 is 2.31 bits per heavy atom. The summed E-state index contributed by atoms with van der Waals surface area (Å²) in [5.74, 6) is 1.21. The Morgan fingerprint density at radius 3 is 2.94 bits per heavy atom. The van der Waals surface area contributed by atoms with E-state index in [4.69, 9.17) is 4.74 Å². The summed E-state index contributed by atoms with van der Waals surface area (Å²) in [5.41, 5.74) is 0. The number of nitrogens with one attached hydrogen (secondary N) is 1. The van der Waals surface area contributed by atoms with E-state index in [1.807, 2.05) is 19.0 Å². The Hall–Kier alpha value is -1.69. The Kier molecular flexibility index (Phi) is 4.65. The third kappa shape index (κ3) is 3.82. The number of hydrogen-bond donors (Lipinski definition) is 1. The molecule has 16 heavy (non-hydrogen) atoms. The normalized spacial score (nSPS) is 9.94. The SMILES string of the molecule is COCC(=O)NCc1nccc(N(C)C)n1. The van der Waals surface area contributed by atoms with Gasteiger partial charge in [-0.25, -0.2) is 9.97 Å². The molecule has 1 amide bonds. The standard InChI is InChI=1S/C10H16N4O2/c1-14(2)9-4-5-11-8(13-9)6-12-10(15)7-16-3/h4-5H,6-7H2,1-3H3,(H,12,15). The summed E-state index contributed by atoms with van der Waals surface area (Å²) >= 11 is 0. The maximum absolute atomic E-state index is 11.1. The maximum atomic E-state index is 11.1. The summed E-state index contributed by atoms with van der Waals surface area (Å²) in [6.07, 6.45) is 1.67. The summed E-state index contributed by atoms with van der Waals surface area (Å²) in [6, 6.07) is 1.81. The lowest BCUT2D eigenvalue weighted by Gasteiger charge is -2.11. The van der Waals surface area contributed by atoms with Crippen LogP contribution in [-0.4, -0.2) is 43.7 Å². The van der Waals surface area contributed by atoms with Crippen molar-refractivity contribution < 1.29 is 9.53 Å². The first kappa shape index (κ1) is 12.4. The first-order valence-corrected chi connectivity index (χ1v) is 4.88. The molecule has 0 unspecified atom stereocenters. The highest BCUT2D eigenvalue weighted by Crippen LogP contribution is 2.04. The number of ether oxygens (including phenoxy) is 1. The first-order valence-electron chi connectivity index (χ1n) is 4.88. The van der Waals surface area contributed by atoms with Crippen molar-refractivity contribution in [2.75, 3.05) is 32.7 Å². The topological polar surface area (TPSA) is 67.3 Å². The van der Waals surface area contributed by atoms with E-state index in [1.165, 1.54) is 7.11 Å². The monoisotopic (exact) mass is 224 g/mol. The van der Waals surface area contributed by atoms with E-state index in [-0.39, 0.29) is 12.5 Å². The van der Waals surface area contributed by atoms with Crippen LogP contribution < -0.4 is 10.2 Å². The number of rotatable bonds is 5. The number of carbonyl (C=O) groups is 1. The molecule has 1 aromatic rings. The van der Waals surface area contributed by atoms with Gasteiger partial charge in [0, 0.05) is 27.4 Å². The molecule has 0 radical (unpaired) electrons. The Morgan fingerprint density at radius 1 is 1.56 bits per heavy atom. The summed E-state index contributed by atoms with van der Waals surface area (Å²) in [6.45, 7) is 0.358. The molecule has 6 nitrogen and oxygen atoms in total. The van der Waals surface area contributed by atoms with Crippen LogP contribution in [0.15, 0.2) is 12.3 Å². The van der Waals surface area contributed by atoms with Crippen molar-refractivity contribution in [1.29, 1.82) is 0 Å². The van der Waals surface area contributed by atoms with Crippen LogP contribution in [-0.2, 0) is 16.1 Å². The first-order chi connectivity index (χ1) is 7.63. The molecule has 6 heteroatoms. The van der Waals surface area contributed by atoms with E-state index in [1.54, 1.807) is 12.3 Å². The molecule has 1 N–H and O–H groups in total. The number of aromatic nitrogens is 2. The van der Waals surface area contributed by atoms with Gasteiger partial charge < -0.3 is 15.0 Å². The van der Waals surface area contributed by atoms with Gasteiger partial charge in [-0.1, -0.05) is 0 Å². The highest BCUT2D eigenvalue weighted by Gasteiger charge is 2.03. The van der Waals surface area contributed by atoms with Crippen LogP contribution in [0.5, 0.6) is 0 Å². The molecule has 1 rings (SSSR count). The number of carbonyl (C=O) groups excluding carboxylic acids is 1. The van der Waals surface area contributed by atoms with E-state index in [2.05, 4.69) is 15.3 Å². The summed E-state index contributed by atoms with van der Waals surface area (Å²) < 4.78 is 4.69. The number of methoxy groups -OCH3 is 1. The van der Waals surface area contributed by atoms with Crippen molar-refractivity contribution in [3.05, 3.63) is 18.1 Å². The summed E-state index contributed by atoms with van der Waals surface area (Å²) in [7, 11) is 5.27. The van der Waals surface area contributed by atoms with Crippen LogP contribution in [0.1, 0.15) is 5.82 Å². The number of hydrogen-bond acceptors (Lipinski definition) is 5. The molecule has 0 aliphatic rings. The lowest BCUT2D eigenvalue weighted by Crippen LogP contribution is -2.27. The Balaban J connectivity index is 2.54. The van der Waals surface area contributed by atoms with Crippen LogP contribution >= 0.6 is 0 Å². The second kappa shape index (κ2) is 6.02. The molecular weight excluding hydrogens is 208 g/mol. The second-order valence-corrected chi connectivity index (χ2v) is 3.44. The molecule has 0 saturated carbocycles. The van der Waals surface area contributed by atoms with Gasteiger partial charge in [0.1, 0.15) is 18.2 Å². The van der Waals surface area contributed by atoms with Gasteiger partial charge in [-0.2, -0.15) is 0 Å². The third-order valence-corrected chi connectivity index (χ3v) is 1.87. The van der Waals surface area contributed by atoms with Crippen LogP contribution in [0.4, 0.5) is 5.82 Å². The Bertz CT molecular complexity index is 354. The molecule has 88 valence electrons. The van der Waals surface area contributed by atoms with Crippen LogP contribution in [0.25, 0.3) is 0 Å². The van der Waals surface area contributed by atoms with Crippen LogP contribution in [0.2, 0.25) is 0 Å². The van der Waals surface area contributed by atoms with Crippen molar-refractivity contribution >= 4 is 11.7 Å². The average molecular weight is 224 g/mol. The smallest absolute Gasteiger partial charge is 0.246 e. The molecule has 1 heterocycles. The lowest BCUT2D eigenvalue weighted by atomic mass is 10.5. The van der Waals surface area contributed by atoms with Crippen molar-refractivity contribution in [3.8, 4) is 0 Å². The number of anilines is 1. The quantitative estimate of drug-likeness (QED) is 0.750. The summed E-state index contributed by atoms with van der Waals surface area (Å²) in [4.78, 5) is 21.3. The molecule has 0 atom stereocenters. The number of nitrogens with zero attached hydrogens (tertiary/aromatic N) is 3. The lowest BCUT2D eigenvalue weighted by molar-refractivity contribution is -0.124. The maximum Gasteiger partial charge on any atom is 0.246 e. The Labute approximate surface area is 94.6 Å². The van der Waals surface area contributed by atoms with Crippen molar-refractivity contribution in [3.63, 3.8) is 0 Å². The van der Waals surface area contributed by atoms with Gasteiger partial charge in [0.15, 0.2) is 0 Å². The van der Waals surface area contributed by atoms with E-state index in [0.29, 0.717) is 12.4 Å². The van der Waals surface area contributed by atoms with E-state index < -0.39 is 0 Å². The molecule has 0 bridgehead atoms. The minimum atomic E-state index is -0.179. The second-order valence-electron chi connectivity index (χ2n) is 3.44. The average Bonchev–Trinajstić information content (AvgIpc) is 2.27. The van der Waals surface area contributed by atoms with Crippen LogP contribution in [0, 0.1) is 0 Å². The molecule has 0 saturated heterocycles. The van der Waals surface area contributed by atoms with E-state index in [9.17, 15) is 4.79 Å². The third-order valence-electron chi connectivity index (χ3n) is 1.87. The van der Waals surface area contributed by atoms with Gasteiger partial charge in [-0.3, -0.25) is 4.79 Å². The van der Waals surface area contributed by atoms with E-state index in [0.717, 1.165) is 5.82 Å². The fraction of sp³-hybridized carbons (Fsp3) is 0.500. The molecule has 0 aliphatic heterocycles. The zero-order valence-corrected chi connectivity index (χ0v) is 9.73. The predicted octanol–water partition coefficient (Wildman–Crippen LogP) is -0.195. The minimum absolute atomic E-state index is 0.0490. The zero-order chi connectivity index (χ0) is 12.0. The molecule has 0 spiro atoms. The van der Waals surface area contributed by atoms with E-state index >= 15 is 0 Å². The van der Waals surface area contributed by atoms with Crippen molar-refractivity contribution in [2.45, 2.75) is 6.54 Å². The predicted molar refractivity (Wildman–Crippen MR) is 60.1 cm³/mol. The zero-order valence-electron chi connectivity index (χ0n) is 9.73.